The fraction of sp³-hybridized carbons (Fsp3) is 0.917. The Bertz CT molecular complexity index is 210. The van der Waals surface area contributed by atoms with Crippen LogP contribution in [0.15, 0.2) is 0 Å². The fourth-order valence-electron chi connectivity index (χ4n) is 1.51. The van der Waals surface area contributed by atoms with Crippen LogP contribution in [0.5, 0.6) is 0 Å². The van der Waals surface area contributed by atoms with E-state index in [1.807, 2.05) is 20.9 Å². The zero-order chi connectivity index (χ0) is 13.3. The summed E-state index contributed by atoms with van der Waals surface area (Å²) in [5.74, 6) is 0.0441. The van der Waals surface area contributed by atoms with E-state index in [1.54, 1.807) is 0 Å². The Balaban J connectivity index is 3.87. The molecular formula is C12H27N3O2. The topological polar surface area (TPSA) is 87.4 Å². The first-order valence-corrected chi connectivity index (χ1v) is 6.34. The third-order valence-electron chi connectivity index (χ3n) is 2.86. The number of unbranched alkanes of at least 4 members (excludes halogenated alkanes) is 1. The summed E-state index contributed by atoms with van der Waals surface area (Å²) < 4.78 is 0. The lowest BCUT2D eigenvalue weighted by Gasteiger charge is -2.22. The number of hydrogen-bond donors (Lipinski definition) is 4. The minimum atomic E-state index is -0.473. The lowest BCUT2D eigenvalue weighted by molar-refractivity contribution is -0.123. The smallest absolute Gasteiger partial charge is 0.237 e. The molecule has 1 amide bonds. The van der Waals surface area contributed by atoms with Crippen molar-refractivity contribution >= 4 is 5.91 Å². The van der Waals surface area contributed by atoms with E-state index >= 15 is 0 Å². The average molecular weight is 245 g/mol. The summed E-state index contributed by atoms with van der Waals surface area (Å²) in [6.45, 7) is 4.81. The normalized spacial score (nSPS) is 14.7. The molecule has 0 aliphatic heterocycles. The first-order valence-electron chi connectivity index (χ1n) is 6.34. The van der Waals surface area contributed by atoms with Crippen molar-refractivity contribution in [2.45, 2.75) is 45.2 Å². The number of hydrogen-bond acceptors (Lipinski definition) is 4. The molecule has 0 aromatic carbocycles. The molecule has 0 aromatic rings. The fourth-order valence-corrected chi connectivity index (χ4v) is 1.51. The zero-order valence-electron chi connectivity index (χ0n) is 11.2. The van der Waals surface area contributed by atoms with E-state index in [4.69, 9.17) is 10.8 Å². The summed E-state index contributed by atoms with van der Waals surface area (Å²) in [6, 6.07) is -0.675. The monoisotopic (exact) mass is 245 g/mol. The van der Waals surface area contributed by atoms with E-state index < -0.39 is 6.04 Å². The van der Waals surface area contributed by atoms with Crippen molar-refractivity contribution in [2.24, 2.45) is 11.7 Å². The van der Waals surface area contributed by atoms with Crippen LogP contribution in [0.25, 0.3) is 0 Å². The number of carbonyl (C=O) groups excluding carboxylic acids is 1. The number of aliphatic hydroxyl groups is 1. The summed E-state index contributed by atoms with van der Waals surface area (Å²) >= 11 is 0. The Hall–Kier alpha value is -0.650. The molecule has 0 aliphatic rings. The second-order valence-electron chi connectivity index (χ2n) is 4.75. The van der Waals surface area contributed by atoms with Gasteiger partial charge in [0.1, 0.15) is 0 Å². The number of aliphatic hydroxyl groups excluding tert-OH is 1. The van der Waals surface area contributed by atoms with Crippen LogP contribution in [-0.2, 0) is 4.79 Å². The predicted molar refractivity (Wildman–Crippen MR) is 69.6 cm³/mol. The van der Waals surface area contributed by atoms with Crippen molar-refractivity contribution in [1.82, 2.24) is 10.6 Å². The second kappa shape index (κ2) is 9.39. The van der Waals surface area contributed by atoms with Gasteiger partial charge in [0.2, 0.25) is 5.91 Å². The molecule has 5 N–H and O–H groups in total. The average Bonchev–Trinajstić information content (AvgIpc) is 2.30. The van der Waals surface area contributed by atoms with Crippen LogP contribution in [-0.4, -0.2) is 43.3 Å². The van der Waals surface area contributed by atoms with Crippen molar-refractivity contribution in [3.05, 3.63) is 0 Å². The van der Waals surface area contributed by atoms with Gasteiger partial charge in [0.25, 0.3) is 0 Å². The molecule has 0 fully saturated rings. The molecule has 0 bridgehead atoms. The quantitative estimate of drug-likeness (QED) is 0.425. The van der Waals surface area contributed by atoms with E-state index in [1.165, 1.54) is 0 Å². The third-order valence-corrected chi connectivity index (χ3v) is 2.86. The molecule has 2 atom stereocenters. The first-order chi connectivity index (χ1) is 8.02. The van der Waals surface area contributed by atoms with Crippen LogP contribution >= 0.6 is 0 Å². The van der Waals surface area contributed by atoms with Gasteiger partial charge in [-0.2, -0.15) is 0 Å². The van der Waals surface area contributed by atoms with Gasteiger partial charge in [-0.15, -0.1) is 0 Å². The molecule has 5 heteroatoms. The van der Waals surface area contributed by atoms with Crippen molar-refractivity contribution in [3.8, 4) is 0 Å². The molecule has 0 radical (unpaired) electrons. The van der Waals surface area contributed by atoms with Gasteiger partial charge in [-0.05, 0) is 32.4 Å². The van der Waals surface area contributed by atoms with Crippen molar-refractivity contribution < 1.29 is 9.90 Å². The van der Waals surface area contributed by atoms with Crippen LogP contribution in [0.1, 0.15) is 33.1 Å². The molecule has 5 nitrogen and oxygen atoms in total. The Morgan fingerprint density at radius 1 is 1.35 bits per heavy atom. The lowest BCUT2D eigenvalue weighted by Crippen LogP contribution is -2.48. The number of amides is 1. The number of nitrogens with one attached hydrogen (secondary N) is 2. The van der Waals surface area contributed by atoms with Gasteiger partial charge >= 0.3 is 0 Å². The molecule has 0 rings (SSSR count). The summed E-state index contributed by atoms with van der Waals surface area (Å²) in [5.41, 5.74) is 5.79. The maximum atomic E-state index is 11.7. The van der Waals surface area contributed by atoms with Crippen LogP contribution in [0.4, 0.5) is 0 Å². The van der Waals surface area contributed by atoms with Gasteiger partial charge in [0.05, 0.1) is 18.7 Å². The summed E-state index contributed by atoms with van der Waals surface area (Å²) in [7, 11) is 1.90. The largest absolute Gasteiger partial charge is 0.394 e. The van der Waals surface area contributed by atoms with Crippen LogP contribution in [0.3, 0.4) is 0 Å². The van der Waals surface area contributed by atoms with Gasteiger partial charge in [0.15, 0.2) is 0 Å². The van der Waals surface area contributed by atoms with Crippen LogP contribution in [0, 0.1) is 5.92 Å². The summed E-state index contributed by atoms with van der Waals surface area (Å²) in [5, 5.41) is 14.9. The van der Waals surface area contributed by atoms with E-state index in [-0.39, 0.29) is 24.5 Å². The first kappa shape index (κ1) is 16.4. The van der Waals surface area contributed by atoms with Crippen molar-refractivity contribution in [2.75, 3.05) is 20.2 Å². The van der Waals surface area contributed by atoms with Crippen LogP contribution in [0.2, 0.25) is 0 Å². The molecule has 0 spiro atoms. The van der Waals surface area contributed by atoms with Gasteiger partial charge in [-0.3, -0.25) is 4.79 Å². The number of carbonyl (C=O) groups is 1. The van der Waals surface area contributed by atoms with Gasteiger partial charge in [-0.25, -0.2) is 0 Å². The number of rotatable bonds is 9. The van der Waals surface area contributed by atoms with Crippen LogP contribution < -0.4 is 16.4 Å². The molecule has 0 saturated carbocycles. The highest BCUT2D eigenvalue weighted by Crippen LogP contribution is 2.03. The highest BCUT2D eigenvalue weighted by molar-refractivity contribution is 5.81. The molecule has 0 saturated heterocycles. The van der Waals surface area contributed by atoms with Crippen molar-refractivity contribution in [3.63, 3.8) is 0 Å². The molecule has 0 aromatic heterocycles. The molecule has 0 heterocycles. The highest BCUT2D eigenvalue weighted by atomic mass is 16.3. The Morgan fingerprint density at radius 3 is 2.47 bits per heavy atom. The maximum Gasteiger partial charge on any atom is 0.237 e. The minimum Gasteiger partial charge on any atom is -0.394 e. The van der Waals surface area contributed by atoms with Gasteiger partial charge in [0, 0.05) is 0 Å². The Labute approximate surface area is 104 Å². The lowest BCUT2D eigenvalue weighted by atomic mass is 10.0. The predicted octanol–water partition coefficient (Wildman–Crippen LogP) is -0.163. The Kier molecular flexibility index (Phi) is 9.03. The zero-order valence-corrected chi connectivity index (χ0v) is 11.2. The van der Waals surface area contributed by atoms with E-state index in [0.717, 1.165) is 19.4 Å². The summed E-state index contributed by atoms with van der Waals surface area (Å²) in [4.78, 5) is 11.7. The van der Waals surface area contributed by atoms with E-state index in [9.17, 15) is 4.79 Å². The number of nitrogens with two attached hydrogens (primary N) is 1. The molecule has 17 heavy (non-hydrogen) atoms. The molecule has 0 aliphatic carbocycles. The third kappa shape index (κ3) is 7.31. The maximum absolute atomic E-state index is 11.7. The SMILES string of the molecule is CNCCCCC(N)C(=O)NC(CO)C(C)C. The Morgan fingerprint density at radius 2 is 2.00 bits per heavy atom. The van der Waals surface area contributed by atoms with E-state index in [0.29, 0.717) is 6.42 Å². The van der Waals surface area contributed by atoms with Crippen molar-refractivity contribution in [1.29, 1.82) is 0 Å². The van der Waals surface area contributed by atoms with Gasteiger partial charge in [-0.1, -0.05) is 20.3 Å². The van der Waals surface area contributed by atoms with E-state index in [2.05, 4.69) is 10.6 Å². The molecule has 102 valence electrons. The molecule has 2 unspecified atom stereocenters. The summed E-state index contributed by atoms with van der Waals surface area (Å²) in [6.07, 6.45) is 2.63. The molecular weight excluding hydrogens is 218 g/mol. The van der Waals surface area contributed by atoms with Gasteiger partial charge < -0.3 is 21.5 Å². The highest BCUT2D eigenvalue weighted by Gasteiger charge is 2.19. The standard InChI is InChI=1S/C12H27N3O2/c1-9(2)11(8-16)15-12(17)10(13)6-4-5-7-14-3/h9-11,14,16H,4-8,13H2,1-3H3,(H,15,17). The second-order valence-corrected chi connectivity index (χ2v) is 4.75. The minimum absolute atomic E-state index is 0.0458.